The number of Topliss-reactive ketones (excluding diaryl/α,β-unsaturated/α-hetero) is 2. The summed E-state index contributed by atoms with van der Waals surface area (Å²) in [6, 6.07) is 10.8. The van der Waals surface area contributed by atoms with Gasteiger partial charge < -0.3 is 0 Å². The number of nitrogens with zero attached hydrogens (tertiary/aromatic N) is 2. The van der Waals surface area contributed by atoms with E-state index >= 15 is 0 Å². The molecule has 0 saturated carbocycles. The number of hydrogen-bond donors (Lipinski definition) is 0. The van der Waals surface area contributed by atoms with Gasteiger partial charge in [-0.1, -0.05) is 52.8 Å². The summed E-state index contributed by atoms with van der Waals surface area (Å²) in [5, 5.41) is 24.1. The van der Waals surface area contributed by atoms with Gasteiger partial charge in [0.15, 0.2) is 5.78 Å². The van der Waals surface area contributed by atoms with Crippen LogP contribution in [0.25, 0.3) is 0 Å². The first-order valence-corrected chi connectivity index (χ1v) is 15.3. The van der Waals surface area contributed by atoms with Gasteiger partial charge in [-0.15, -0.1) is 22.7 Å². The summed E-state index contributed by atoms with van der Waals surface area (Å²) in [7, 11) is 0. The molecule has 1 atom stereocenters. The minimum atomic E-state index is -4.63. The number of alkyl halides is 3. The van der Waals surface area contributed by atoms with E-state index in [0.29, 0.717) is 28.0 Å². The van der Waals surface area contributed by atoms with Crippen LogP contribution in [-0.2, 0) is 11.0 Å². The SMILES string of the molecule is CC(=O)C(C(=O)c1cc([N+](=O)[O-])c(Sc2cc(Cl)cc(Cl)c2)s1)c1cc([N+](=O)[O-])c(Sc2cccc(C(F)(F)F)c2)s1. The van der Waals surface area contributed by atoms with Gasteiger partial charge in [0, 0.05) is 36.8 Å². The van der Waals surface area contributed by atoms with Crippen LogP contribution in [0.2, 0.25) is 10.0 Å². The highest BCUT2D eigenvalue weighted by Gasteiger charge is 2.35. The minimum absolute atomic E-state index is 0.0273. The summed E-state index contributed by atoms with van der Waals surface area (Å²) in [5.74, 6) is -3.04. The lowest BCUT2D eigenvalue weighted by Crippen LogP contribution is -2.18. The molecule has 1 unspecified atom stereocenters. The fourth-order valence-corrected chi connectivity index (χ4v) is 9.18. The average molecular weight is 694 g/mol. The van der Waals surface area contributed by atoms with Crippen LogP contribution in [0.1, 0.15) is 33.0 Å². The summed E-state index contributed by atoms with van der Waals surface area (Å²) in [5.41, 5.74) is -1.84. The number of benzene rings is 2. The number of nitro groups is 2. The van der Waals surface area contributed by atoms with Gasteiger partial charge in [-0.2, -0.15) is 13.2 Å². The number of halogens is 5. The Hall–Kier alpha value is -2.95. The van der Waals surface area contributed by atoms with Gasteiger partial charge in [-0.05, 0) is 43.3 Å². The molecule has 0 bridgehead atoms. The van der Waals surface area contributed by atoms with Crippen molar-refractivity contribution in [1.82, 2.24) is 0 Å². The normalized spacial score (nSPS) is 12.2. The Morgan fingerprint density at radius 2 is 1.43 bits per heavy atom. The van der Waals surface area contributed by atoms with E-state index in [0.717, 1.165) is 60.4 Å². The van der Waals surface area contributed by atoms with Crippen LogP contribution in [0.5, 0.6) is 0 Å². The first-order chi connectivity index (χ1) is 19.6. The van der Waals surface area contributed by atoms with Crippen molar-refractivity contribution in [2.45, 2.75) is 37.2 Å². The molecule has 0 spiro atoms. The molecule has 218 valence electrons. The second-order valence-corrected chi connectivity index (χ2v) is 14.1. The van der Waals surface area contributed by atoms with Gasteiger partial charge in [0.1, 0.15) is 20.1 Å². The number of thiophene rings is 2. The third-order valence-corrected chi connectivity index (χ3v) is 10.5. The zero-order valence-electron chi connectivity index (χ0n) is 20.6. The molecule has 0 aliphatic heterocycles. The first-order valence-electron chi connectivity index (χ1n) is 11.2. The van der Waals surface area contributed by atoms with Crippen molar-refractivity contribution >= 4 is 92.3 Å². The topological polar surface area (TPSA) is 120 Å². The second-order valence-electron chi connectivity index (χ2n) is 8.36. The molecule has 42 heavy (non-hydrogen) atoms. The van der Waals surface area contributed by atoms with Gasteiger partial charge >= 0.3 is 6.18 Å². The summed E-state index contributed by atoms with van der Waals surface area (Å²) in [6.07, 6.45) is -4.63. The Bertz CT molecular complexity index is 1720. The fourth-order valence-electron chi connectivity index (χ4n) is 3.61. The van der Waals surface area contributed by atoms with E-state index in [1.54, 1.807) is 0 Å². The maximum atomic E-state index is 13.6. The van der Waals surface area contributed by atoms with Crippen molar-refractivity contribution in [2.24, 2.45) is 0 Å². The molecule has 4 aromatic rings. The van der Waals surface area contributed by atoms with Crippen LogP contribution in [0.15, 0.2) is 72.8 Å². The summed E-state index contributed by atoms with van der Waals surface area (Å²) in [6.45, 7) is 1.10. The summed E-state index contributed by atoms with van der Waals surface area (Å²) in [4.78, 5) is 48.7. The molecule has 8 nitrogen and oxygen atoms in total. The molecule has 0 radical (unpaired) electrons. The second kappa shape index (κ2) is 12.7. The molecule has 0 amide bonds. The van der Waals surface area contributed by atoms with E-state index in [2.05, 4.69) is 0 Å². The highest BCUT2D eigenvalue weighted by atomic mass is 35.5. The molecule has 2 aromatic carbocycles. The van der Waals surface area contributed by atoms with Crippen molar-refractivity contribution in [1.29, 1.82) is 0 Å². The van der Waals surface area contributed by atoms with Crippen molar-refractivity contribution in [2.75, 3.05) is 0 Å². The van der Waals surface area contributed by atoms with Crippen molar-refractivity contribution in [3.05, 3.63) is 100 Å². The maximum Gasteiger partial charge on any atom is 0.416 e. The van der Waals surface area contributed by atoms with Gasteiger partial charge in [-0.3, -0.25) is 29.8 Å². The average Bonchev–Trinajstić information content (AvgIpc) is 3.47. The van der Waals surface area contributed by atoms with Crippen molar-refractivity contribution < 1.29 is 32.6 Å². The smallest absolute Gasteiger partial charge is 0.299 e. The third kappa shape index (κ3) is 7.33. The van der Waals surface area contributed by atoms with E-state index in [1.807, 2.05) is 0 Å². The number of ketones is 2. The van der Waals surface area contributed by atoms with Crippen LogP contribution in [0, 0.1) is 20.2 Å². The lowest BCUT2D eigenvalue weighted by Gasteiger charge is -2.09. The van der Waals surface area contributed by atoms with E-state index in [1.165, 1.54) is 24.3 Å². The molecule has 0 aliphatic carbocycles. The Labute approximate surface area is 261 Å². The van der Waals surface area contributed by atoms with Crippen molar-refractivity contribution in [3.8, 4) is 0 Å². The highest BCUT2D eigenvalue weighted by molar-refractivity contribution is 8.01. The molecule has 0 aliphatic rings. The largest absolute Gasteiger partial charge is 0.416 e. The van der Waals surface area contributed by atoms with Crippen LogP contribution < -0.4 is 0 Å². The Balaban J connectivity index is 1.71. The van der Waals surface area contributed by atoms with Crippen molar-refractivity contribution in [3.63, 3.8) is 0 Å². The lowest BCUT2D eigenvalue weighted by molar-refractivity contribution is -0.387. The molecule has 0 fully saturated rings. The predicted octanol–water partition coefficient (Wildman–Crippen LogP) is 9.81. The minimum Gasteiger partial charge on any atom is -0.299 e. The number of carbonyl (C=O) groups excluding carboxylic acids is 2. The van der Waals surface area contributed by atoms with E-state index in [4.69, 9.17) is 23.2 Å². The Morgan fingerprint density at radius 1 is 0.857 bits per heavy atom. The predicted molar refractivity (Wildman–Crippen MR) is 156 cm³/mol. The summed E-state index contributed by atoms with van der Waals surface area (Å²) >= 11 is 15.1. The first kappa shape index (κ1) is 32.0. The molecule has 2 aromatic heterocycles. The third-order valence-electron chi connectivity index (χ3n) is 5.39. The zero-order chi connectivity index (χ0) is 30.9. The Morgan fingerprint density at radius 3 is 2.00 bits per heavy atom. The molecule has 0 N–H and O–H groups in total. The number of rotatable bonds is 10. The number of carbonyl (C=O) groups is 2. The van der Waals surface area contributed by atoms with Gasteiger partial charge in [-0.25, -0.2) is 0 Å². The highest BCUT2D eigenvalue weighted by Crippen LogP contribution is 2.47. The van der Waals surface area contributed by atoms with E-state index in [-0.39, 0.29) is 33.1 Å². The molecule has 4 rings (SSSR count). The molecular formula is C25H13Cl2F3N2O6S4. The maximum absolute atomic E-state index is 13.6. The van der Waals surface area contributed by atoms with Gasteiger partial charge in [0.05, 0.1) is 20.3 Å². The quantitative estimate of drug-likeness (QED) is 0.0697. The van der Waals surface area contributed by atoms with Crippen LogP contribution in [0.3, 0.4) is 0 Å². The van der Waals surface area contributed by atoms with Gasteiger partial charge in [0.25, 0.3) is 11.4 Å². The van der Waals surface area contributed by atoms with E-state index in [9.17, 15) is 43.0 Å². The molecule has 17 heteroatoms. The van der Waals surface area contributed by atoms with Crippen LogP contribution >= 0.6 is 69.4 Å². The Kier molecular flexibility index (Phi) is 9.69. The zero-order valence-corrected chi connectivity index (χ0v) is 25.4. The molecule has 2 heterocycles. The molecule has 0 saturated heterocycles. The van der Waals surface area contributed by atoms with Gasteiger partial charge in [0.2, 0.25) is 0 Å². The lowest BCUT2D eigenvalue weighted by atomic mass is 9.96. The van der Waals surface area contributed by atoms with E-state index < -0.39 is 50.4 Å². The number of hydrogen-bond acceptors (Lipinski definition) is 10. The monoisotopic (exact) mass is 692 g/mol. The summed E-state index contributed by atoms with van der Waals surface area (Å²) < 4.78 is 39.5. The standard InChI is InChI=1S/C25H13Cl2F3N2O6S4/c1-11(33)21(19-9-17(31(35)36)23(41-19)39-15-4-2-3-12(5-15)25(28,29)30)22(34)20-10-18(32(37)38)24(42-20)40-16-7-13(26)6-14(27)8-16/h2-10,21H,1H3. The van der Waals surface area contributed by atoms with Crippen LogP contribution in [-0.4, -0.2) is 21.4 Å². The fraction of sp³-hybridized carbons (Fsp3) is 0.120. The molecular weight excluding hydrogens is 680 g/mol. The van der Waals surface area contributed by atoms with Crippen LogP contribution in [0.4, 0.5) is 24.5 Å².